The molecule has 0 aliphatic heterocycles. The Hall–Kier alpha value is -0.0900. The van der Waals surface area contributed by atoms with Crippen molar-refractivity contribution >= 4 is 31.9 Å². The van der Waals surface area contributed by atoms with E-state index in [0.29, 0.717) is 12.4 Å². The maximum atomic E-state index is 13.5. The van der Waals surface area contributed by atoms with Gasteiger partial charge in [-0.3, -0.25) is 0 Å². The predicted molar refractivity (Wildman–Crippen MR) is 62.6 cm³/mol. The van der Waals surface area contributed by atoms with Crippen LogP contribution in [0.25, 0.3) is 0 Å². The molecule has 1 unspecified atom stereocenters. The van der Waals surface area contributed by atoms with Crippen LogP contribution in [0.5, 0.6) is 5.75 Å². The molecule has 0 aromatic heterocycles. The predicted octanol–water partition coefficient (Wildman–Crippen LogP) is 4.44. The first-order valence-corrected chi connectivity index (χ1v) is 6.03. The molecule has 0 fully saturated rings. The van der Waals surface area contributed by atoms with Crippen molar-refractivity contribution < 1.29 is 9.13 Å². The monoisotopic (exact) mass is 324 g/mol. The highest BCUT2D eigenvalue weighted by atomic mass is 79.9. The van der Waals surface area contributed by atoms with E-state index < -0.39 is 0 Å². The normalized spacial score (nSPS) is 12.6. The minimum absolute atomic E-state index is 0.0658. The molecule has 1 atom stereocenters. The van der Waals surface area contributed by atoms with E-state index in [2.05, 4.69) is 31.9 Å². The molecule has 1 nitrogen and oxygen atoms in total. The van der Waals surface area contributed by atoms with Crippen molar-refractivity contribution in [3.63, 3.8) is 0 Å². The average Bonchev–Trinajstić information content (AvgIpc) is 2.09. The van der Waals surface area contributed by atoms with Crippen molar-refractivity contribution in [2.75, 3.05) is 6.61 Å². The molecular formula is C10H11Br2FO. The third kappa shape index (κ3) is 2.70. The molecule has 1 aromatic rings. The third-order valence-corrected chi connectivity index (χ3v) is 2.71. The van der Waals surface area contributed by atoms with Crippen LogP contribution < -0.4 is 4.74 Å². The molecule has 0 aliphatic carbocycles. The Kier molecular flexibility index (Phi) is 4.38. The van der Waals surface area contributed by atoms with Gasteiger partial charge >= 0.3 is 0 Å². The van der Waals surface area contributed by atoms with Crippen LogP contribution in [0.15, 0.2) is 16.6 Å². The van der Waals surface area contributed by atoms with Gasteiger partial charge in [-0.15, -0.1) is 0 Å². The SMILES string of the molecule is CCOc1c(F)cc(Br)cc1C(C)Br. The summed E-state index contributed by atoms with van der Waals surface area (Å²) in [6, 6.07) is 3.26. The molecule has 1 aromatic carbocycles. The van der Waals surface area contributed by atoms with Crippen LogP contribution in [-0.2, 0) is 0 Å². The van der Waals surface area contributed by atoms with E-state index in [1.807, 2.05) is 19.9 Å². The molecule has 78 valence electrons. The third-order valence-electron chi connectivity index (χ3n) is 1.75. The van der Waals surface area contributed by atoms with Gasteiger partial charge in [0.05, 0.1) is 6.61 Å². The molecule has 0 saturated heterocycles. The summed E-state index contributed by atoms with van der Waals surface area (Å²) in [5.74, 6) is 0.00241. The number of hydrogen-bond donors (Lipinski definition) is 0. The van der Waals surface area contributed by atoms with Gasteiger partial charge in [0.2, 0.25) is 0 Å². The van der Waals surface area contributed by atoms with E-state index in [9.17, 15) is 4.39 Å². The lowest BCUT2D eigenvalue weighted by Crippen LogP contribution is -2.00. The maximum Gasteiger partial charge on any atom is 0.166 e. The molecule has 0 saturated carbocycles. The van der Waals surface area contributed by atoms with Crippen LogP contribution in [0, 0.1) is 5.82 Å². The summed E-state index contributed by atoms with van der Waals surface area (Å²) in [6.45, 7) is 4.24. The van der Waals surface area contributed by atoms with Gasteiger partial charge in [-0.05, 0) is 26.0 Å². The zero-order valence-electron chi connectivity index (χ0n) is 7.98. The first-order valence-electron chi connectivity index (χ1n) is 4.32. The second-order valence-corrected chi connectivity index (χ2v) is 5.14. The summed E-state index contributed by atoms with van der Waals surface area (Å²) in [7, 11) is 0. The first-order chi connectivity index (χ1) is 6.56. The molecule has 0 heterocycles. The Morgan fingerprint density at radius 1 is 1.50 bits per heavy atom. The second-order valence-electron chi connectivity index (χ2n) is 2.85. The van der Waals surface area contributed by atoms with Crippen molar-refractivity contribution in [3.05, 3.63) is 28.0 Å². The van der Waals surface area contributed by atoms with Crippen LogP contribution >= 0.6 is 31.9 Å². The number of alkyl halides is 1. The fraction of sp³-hybridized carbons (Fsp3) is 0.400. The molecule has 4 heteroatoms. The van der Waals surface area contributed by atoms with E-state index in [1.165, 1.54) is 6.07 Å². The molecular weight excluding hydrogens is 315 g/mol. The minimum atomic E-state index is -0.331. The number of benzene rings is 1. The van der Waals surface area contributed by atoms with Crippen molar-refractivity contribution in [2.24, 2.45) is 0 Å². The van der Waals surface area contributed by atoms with Crippen LogP contribution in [0.2, 0.25) is 0 Å². The fourth-order valence-electron chi connectivity index (χ4n) is 1.17. The Morgan fingerprint density at radius 3 is 2.64 bits per heavy atom. The van der Waals surface area contributed by atoms with Crippen LogP contribution in [-0.4, -0.2) is 6.61 Å². The van der Waals surface area contributed by atoms with Crippen LogP contribution in [0.4, 0.5) is 4.39 Å². The maximum absolute atomic E-state index is 13.5. The first kappa shape index (κ1) is 12.0. The Balaban J connectivity index is 3.21. The standard InChI is InChI=1S/C10H11Br2FO/c1-3-14-10-8(6(2)11)4-7(12)5-9(10)13/h4-6H,3H2,1-2H3. The Morgan fingerprint density at radius 2 is 2.14 bits per heavy atom. The number of hydrogen-bond acceptors (Lipinski definition) is 1. The van der Waals surface area contributed by atoms with E-state index in [0.717, 1.165) is 10.0 Å². The number of rotatable bonds is 3. The fourth-order valence-corrected chi connectivity index (χ4v) is 1.96. The molecule has 1 rings (SSSR count). The van der Waals surface area contributed by atoms with Gasteiger partial charge in [-0.1, -0.05) is 31.9 Å². The molecule has 0 spiro atoms. The largest absolute Gasteiger partial charge is 0.490 e. The Labute approximate surface area is 99.9 Å². The second kappa shape index (κ2) is 5.12. The van der Waals surface area contributed by atoms with Crippen LogP contribution in [0.1, 0.15) is 24.2 Å². The minimum Gasteiger partial charge on any atom is -0.490 e. The van der Waals surface area contributed by atoms with E-state index in [-0.39, 0.29) is 10.6 Å². The van der Waals surface area contributed by atoms with Gasteiger partial charge in [-0.25, -0.2) is 4.39 Å². The van der Waals surface area contributed by atoms with Gasteiger partial charge in [-0.2, -0.15) is 0 Å². The quantitative estimate of drug-likeness (QED) is 0.746. The lowest BCUT2D eigenvalue weighted by atomic mass is 10.1. The zero-order chi connectivity index (χ0) is 10.7. The van der Waals surface area contributed by atoms with E-state index in [4.69, 9.17) is 4.74 Å². The van der Waals surface area contributed by atoms with E-state index >= 15 is 0 Å². The smallest absolute Gasteiger partial charge is 0.166 e. The average molecular weight is 326 g/mol. The molecule has 14 heavy (non-hydrogen) atoms. The highest BCUT2D eigenvalue weighted by molar-refractivity contribution is 9.10. The topological polar surface area (TPSA) is 9.23 Å². The van der Waals surface area contributed by atoms with Crippen molar-refractivity contribution in [1.29, 1.82) is 0 Å². The summed E-state index contributed by atoms with van der Waals surface area (Å²) in [4.78, 5) is 0.0658. The highest BCUT2D eigenvalue weighted by Gasteiger charge is 2.14. The summed E-state index contributed by atoms with van der Waals surface area (Å²) in [6.07, 6.45) is 0. The van der Waals surface area contributed by atoms with Crippen molar-refractivity contribution in [1.82, 2.24) is 0 Å². The lowest BCUT2D eigenvalue weighted by molar-refractivity contribution is 0.318. The number of halogens is 3. The van der Waals surface area contributed by atoms with Gasteiger partial charge in [0.1, 0.15) is 0 Å². The van der Waals surface area contributed by atoms with Gasteiger partial charge in [0, 0.05) is 14.9 Å². The summed E-state index contributed by atoms with van der Waals surface area (Å²) in [5, 5.41) is 0. The number of ether oxygens (including phenoxy) is 1. The van der Waals surface area contributed by atoms with Crippen molar-refractivity contribution in [2.45, 2.75) is 18.7 Å². The highest BCUT2D eigenvalue weighted by Crippen LogP contribution is 2.35. The molecule has 0 radical (unpaired) electrons. The van der Waals surface area contributed by atoms with Crippen molar-refractivity contribution in [3.8, 4) is 5.75 Å². The Bertz CT molecular complexity index is 326. The molecule has 0 amide bonds. The zero-order valence-corrected chi connectivity index (χ0v) is 11.2. The lowest BCUT2D eigenvalue weighted by Gasteiger charge is -2.13. The van der Waals surface area contributed by atoms with Crippen LogP contribution in [0.3, 0.4) is 0 Å². The summed E-state index contributed by atoms with van der Waals surface area (Å²) in [5.41, 5.74) is 0.818. The molecule has 0 bridgehead atoms. The summed E-state index contributed by atoms with van der Waals surface area (Å²) < 4.78 is 19.5. The summed E-state index contributed by atoms with van der Waals surface area (Å²) >= 11 is 6.65. The molecule has 0 aliphatic rings. The van der Waals surface area contributed by atoms with Gasteiger partial charge in [0.25, 0.3) is 0 Å². The molecule has 0 N–H and O–H groups in total. The van der Waals surface area contributed by atoms with Gasteiger partial charge in [0.15, 0.2) is 11.6 Å². The van der Waals surface area contributed by atoms with E-state index in [1.54, 1.807) is 0 Å². The van der Waals surface area contributed by atoms with Gasteiger partial charge < -0.3 is 4.74 Å².